The molecule has 1 aliphatic rings. The molecule has 1 N–H and O–H groups in total. The molecule has 0 unspecified atom stereocenters. The summed E-state index contributed by atoms with van der Waals surface area (Å²) in [5, 5.41) is 3.95. The van der Waals surface area contributed by atoms with E-state index in [-0.39, 0.29) is 24.8 Å². The first-order valence-electron chi connectivity index (χ1n) is 10.6. The lowest BCUT2D eigenvalue weighted by molar-refractivity contribution is 0.0755. The van der Waals surface area contributed by atoms with Crippen LogP contribution in [0.1, 0.15) is 40.0 Å². The summed E-state index contributed by atoms with van der Waals surface area (Å²) in [6, 6.07) is 11.3. The summed E-state index contributed by atoms with van der Waals surface area (Å²) in [5.74, 6) is 0.340. The van der Waals surface area contributed by atoms with Crippen molar-refractivity contribution in [2.75, 3.05) is 18.9 Å². The number of anilines is 1. The summed E-state index contributed by atoms with van der Waals surface area (Å²) < 4.78 is 14.4. The number of carbonyl (C=O) groups excluding carboxylic acids is 1. The standard InChI is InChI=1S/C25H26FN5O/c1-16-6-8-20(29-13-16)14-31(15-23-21(26)5-4-10-28-23)25(32)18-7-9-22-19(12-18)11-17(2)24(27-3)30-22/h6-13H,4-5,14-15H2,1-3H3,(H,27,30). The van der Waals surface area contributed by atoms with Crippen molar-refractivity contribution in [3.05, 3.63) is 76.5 Å². The first-order valence-corrected chi connectivity index (χ1v) is 10.6. The third-order valence-electron chi connectivity index (χ3n) is 5.50. The molecule has 32 heavy (non-hydrogen) atoms. The van der Waals surface area contributed by atoms with Crippen molar-refractivity contribution < 1.29 is 9.18 Å². The second-order valence-electron chi connectivity index (χ2n) is 8.00. The zero-order valence-electron chi connectivity index (χ0n) is 18.5. The van der Waals surface area contributed by atoms with E-state index in [0.717, 1.165) is 33.5 Å². The molecule has 0 bridgehead atoms. The monoisotopic (exact) mass is 431 g/mol. The number of carbonyl (C=O) groups is 1. The van der Waals surface area contributed by atoms with Crippen molar-refractivity contribution in [2.45, 2.75) is 33.2 Å². The van der Waals surface area contributed by atoms with Gasteiger partial charge in [-0.15, -0.1) is 0 Å². The van der Waals surface area contributed by atoms with Crippen molar-refractivity contribution in [1.82, 2.24) is 14.9 Å². The zero-order valence-corrected chi connectivity index (χ0v) is 18.5. The molecule has 0 radical (unpaired) electrons. The lowest BCUT2D eigenvalue weighted by Crippen LogP contribution is -2.33. The van der Waals surface area contributed by atoms with Gasteiger partial charge in [0.1, 0.15) is 11.6 Å². The minimum Gasteiger partial charge on any atom is -0.373 e. The fourth-order valence-electron chi connectivity index (χ4n) is 3.73. The van der Waals surface area contributed by atoms with Crippen LogP contribution in [-0.2, 0) is 6.54 Å². The maximum atomic E-state index is 14.4. The number of aryl methyl sites for hydroxylation is 2. The molecule has 2 aromatic heterocycles. The summed E-state index contributed by atoms with van der Waals surface area (Å²) >= 11 is 0. The van der Waals surface area contributed by atoms with Crippen LogP contribution in [0.4, 0.5) is 10.2 Å². The predicted molar refractivity (Wildman–Crippen MR) is 126 cm³/mol. The fourth-order valence-corrected chi connectivity index (χ4v) is 3.73. The molecular weight excluding hydrogens is 405 g/mol. The number of nitrogens with one attached hydrogen (secondary N) is 1. The summed E-state index contributed by atoms with van der Waals surface area (Å²) in [4.78, 5) is 28.3. The van der Waals surface area contributed by atoms with Crippen LogP contribution in [0.5, 0.6) is 0 Å². The van der Waals surface area contributed by atoms with Gasteiger partial charge in [-0.05, 0) is 61.7 Å². The van der Waals surface area contributed by atoms with Crippen molar-refractivity contribution in [3.8, 4) is 0 Å². The molecule has 1 aliphatic heterocycles. The zero-order chi connectivity index (χ0) is 22.7. The summed E-state index contributed by atoms with van der Waals surface area (Å²) in [5.41, 5.74) is 4.39. The lowest BCUT2D eigenvalue weighted by atomic mass is 10.1. The first kappa shape index (κ1) is 21.6. The van der Waals surface area contributed by atoms with E-state index in [1.807, 2.05) is 51.2 Å². The number of pyridine rings is 2. The van der Waals surface area contributed by atoms with Crippen LogP contribution in [0.15, 0.2) is 59.1 Å². The minimum absolute atomic E-state index is 0.0880. The molecule has 0 aliphatic carbocycles. The molecular formula is C25H26FN5O. The molecule has 4 rings (SSSR count). The Morgan fingerprint density at radius 1 is 1.16 bits per heavy atom. The number of aliphatic imine (C=N–C) groups is 1. The van der Waals surface area contributed by atoms with Gasteiger partial charge in [-0.3, -0.25) is 14.8 Å². The Hall–Kier alpha value is -3.61. The van der Waals surface area contributed by atoms with Gasteiger partial charge in [0.2, 0.25) is 0 Å². The molecule has 164 valence electrons. The van der Waals surface area contributed by atoms with Crippen LogP contribution in [0.2, 0.25) is 0 Å². The molecule has 7 heteroatoms. The number of halogens is 1. The van der Waals surface area contributed by atoms with Crippen LogP contribution in [0.3, 0.4) is 0 Å². The second-order valence-corrected chi connectivity index (χ2v) is 8.00. The van der Waals surface area contributed by atoms with Crippen molar-refractivity contribution >= 4 is 28.8 Å². The summed E-state index contributed by atoms with van der Waals surface area (Å²) in [7, 11) is 1.83. The van der Waals surface area contributed by atoms with E-state index in [0.29, 0.717) is 24.1 Å². The Balaban J connectivity index is 1.68. The number of rotatable bonds is 6. The van der Waals surface area contributed by atoms with Crippen LogP contribution >= 0.6 is 0 Å². The minimum atomic E-state index is -0.264. The SMILES string of the molecule is CNc1nc2ccc(C(=O)N(CC3=C(F)CCC=N3)Cc3ccc(C)cn3)cc2cc1C. The highest BCUT2D eigenvalue weighted by atomic mass is 19.1. The third-order valence-corrected chi connectivity index (χ3v) is 5.50. The average molecular weight is 432 g/mol. The molecule has 0 fully saturated rings. The Morgan fingerprint density at radius 2 is 2.00 bits per heavy atom. The molecule has 1 amide bonds. The molecule has 3 heterocycles. The topological polar surface area (TPSA) is 70.5 Å². The first-order chi connectivity index (χ1) is 15.4. The number of hydrogen-bond acceptors (Lipinski definition) is 5. The van der Waals surface area contributed by atoms with E-state index in [9.17, 15) is 9.18 Å². The van der Waals surface area contributed by atoms with E-state index < -0.39 is 0 Å². The number of fused-ring (bicyclic) bond motifs is 1. The van der Waals surface area contributed by atoms with E-state index in [1.165, 1.54) is 0 Å². The highest BCUT2D eigenvalue weighted by Gasteiger charge is 2.21. The van der Waals surface area contributed by atoms with Gasteiger partial charge in [0.05, 0.1) is 30.0 Å². The highest BCUT2D eigenvalue weighted by molar-refractivity contribution is 5.98. The molecule has 0 saturated heterocycles. The quantitative estimate of drug-likeness (QED) is 0.598. The Bertz CT molecular complexity index is 1220. The lowest BCUT2D eigenvalue weighted by Gasteiger charge is -2.24. The van der Waals surface area contributed by atoms with Gasteiger partial charge >= 0.3 is 0 Å². The maximum absolute atomic E-state index is 14.4. The molecule has 0 saturated carbocycles. The Morgan fingerprint density at radius 3 is 2.72 bits per heavy atom. The van der Waals surface area contributed by atoms with Gasteiger partial charge in [0.15, 0.2) is 0 Å². The molecule has 0 spiro atoms. The molecule has 3 aromatic rings. The molecule has 0 atom stereocenters. The predicted octanol–water partition coefficient (Wildman–Crippen LogP) is 4.98. The van der Waals surface area contributed by atoms with Crippen LogP contribution in [0.25, 0.3) is 10.9 Å². The van der Waals surface area contributed by atoms with Gasteiger partial charge in [-0.1, -0.05) is 6.07 Å². The van der Waals surface area contributed by atoms with Crippen LogP contribution in [0, 0.1) is 13.8 Å². The van der Waals surface area contributed by atoms with E-state index >= 15 is 0 Å². The largest absolute Gasteiger partial charge is 0.373 e. The van der Waals surface area contributed by atoms with Gasteiger partial charge in [0.25, 0.3) is 5.91 Å². The van der Waals surface area contributed by atoms with E-state index in [1.54, 1.807) is 23.4 Å². The van der Waals surface area contributed by atoms with Crippen molar-refractivity contribution in [3.63, 3.8) is 0 Å². The van der Waals surface area contributed by atoms with Crippen LogP contribution in [-0.4, -0.2) is 40.6 Å². The van der Waals surface area contributed by atoms with Gasteiger partial charge in [-0.2, -0.15) is 0 Å². The van der Waals surface area contributed by atoms with Crippen molar-refractivity contribution in [1.29, 1.82) is 0 Å². The van der Waals surface area contributed by atoms with Gasteiger partial charge in [0, 0.05) is 36.8 Å². The average Bonchev–Trinajstić information content (AvgIpc) is 2.80. The highest BCUT2D eigenvalue weighted by Crippen LogP contribution is 2.24. The Kier molecular flexibility index (Phi) is 6.25. The van der Waals surface area contributed by atoms with Crippen molar-refractivity contribution in [2.24, 2.45) is 4.99 Å². The third kappa shape index (κ3) is 4.66. The maximum Gasteiger partial charge on any atom is 0.254 e. The van der Waals surface area contributed by atoms with E-state index in [4.69, 9.17) is 0 Å². The summed E-state index contributed by atoms with van der Waals surface area (Å²) in [6.07, 6.45) is 4.36. The smallest absolute Gasteiger partial charge is 0.254 e. The molecule has 6 nitrogen and oxygen atoms in total. The number of amides is 1. The number of aromatic nitrogens is 2. The number of benzene rings is 1. The fraction of sp³-hybridized carbons (Fsp3) is 0.280. The van der Waals surface area contributed by atoms with Gasteiger partial charge in [-0.25, -0.2) is 9.37 Å². The Labute approximate surface area is 186 Å². The number of allylic oxidation sites excluding steroid dienone is 1. The van der Waals surface area contributed by atoms with Gasteiger partial charge < -0.3 is 10.2 Å². The second kappa shape index (κ2) is 9.26. The van der Waals surface area contributed by atoms with E-state index in [2.05, 4.69) is 20.3 Å². The number of nitrogens with zero attached hydrogens (tertiary/aromatic N) is 4. The summed E-state index contributed by atoms with van der Waals surface area (Å²) in [6.45, 7) is 4.28. The number of hydrogen-bond donors (Lipinski definition) is 1. The normalized spacial score (nSPS) is 13.5. The van der Waals surface area contributed by atoms with Crippen LogP contribution < -0.4 is 5.32 Å². The molecule has 1 aromatic carbocycles.